The number of urea groups is 1. The molecule has 2 aromatic rings. The number of hydrogen-bond donors (Lipinski definition) is 2. The monoisotopic (exact) mass is 484 g/mol. The Hall–Kier alpha value is -2.97. The lowest BCUT2D eigenvalue weighted by Gasteiger charge is -2.38. The summed E-state index contributed by atoms with van der Waals surface area (Å²) in [5.74, 6) is 0. The molecule has 2 N–H and O–H groups in total. The zero-order valence-corrected chi connectivity index (χ0v) is 18.5. The Morgan fingerprint density at radius 3 is 1.97 bits per heavy atom. The van der Waals surface area contributed by atoms with Crippen LogP contribution < -0.4 is 10.6 Å². The molecule has 0 heterocycles. The van der Waals surface area contributed by atoms with Crippen LogP contribution in [0.3, 0.4) is 0 Å². The number of anilines is 1. The average Bonchev–Trinajstić information content (AvgIpc) is 2.78. The predicted octanol–water partition coefficient (Wildman–Crippen LogP) is 7.90. The Bertz CT molecular complexity index is 976. The van der Waals surface area contributed by atoms with Crippen molar-refractivity contribution in [2.75, 3.05) is 11.9 Å². The lowest BCUT2D eigenvalue weighted by Crippen LogP contribution is -2.41. The molecular weight excluding hydrogens is 458 g/mol. The molecule has 2 aromatic carbocycles. The molecule has 0 spiro atoms. The molecule has 184 valence electrons. The van der Waals surface area contributed by atoms with Crippen LogP contribution in [0.1, 0.15) is 55.2 Å². The van der Waals surface area contributed by atoms with Gasteiger partial charge in [-0.2, -0.15) is 26.3 Å². The summed E-state index contributed by atoms with van der Waals surface area (Å²) in [7, 11) is 0. The van der Waals surface area contributed by atoms with Gasteiger partial charge >= 0.3 is 18.4 Å². The van der Waals surface area contributed by atoms with Gasteiger partial charge < -0.3 is 10.6 Å². The highest BCUT2D eigenvalue weighted by Crippen LogP contribution is 2.43. The van der Waals surface area contributed by atoms with E-state index in [0.717, 1.165) is 43.2 Å². The van der Waals surface area contributed by atoms with Crippen molar-refractivity contribution in [2.24, 2.45) is 5.41 Å². The maximum atomic E-state index is 13.1. The Balaban J connectivity index is 1.72. The number of allylic oxidation sites excluding steroid dienone is 1. The first kappa shape index (κ1) is 25.6. The summed E-state index contributed by atoms with van der Waals surface area (Å²) in [6.07, 6.45) is -4.69. The smallest absolute Gasteiger partial charge is 0.337 e. The Morgan fingerprint density at radius 2 is 1.44 bits per heavy atom. The van der Waals surface area contributed by atoms with Crippen molar-refractivity contribution in [3.05, 3.63) is 71.8 Å². The van der Waals surface area contributed by atoms with E-state index in [1.807, 2.05) is 30.3 Å². The Kier molecular flexibility index (Phi) is 7.63. The van der Waals surface area contributed by atoms with Crippen LogP contribution in [-0.4, -0.2) is 12.6 Å². The predicted molar refractivity (Wildman–Crippen MR) is 119 cm³/mol. The number of halogens is 6. The number of alkyl halides is 6. The lowest BCUT2D eigenvalue weighted by atomic mass is 9.69. The molecule has 0 aliphatic heterocycles. The van der Waals surface area contributed by atoms with Crippen LogP contribution in [0.4, 0.5) is 36.8 Å². The largest absolute Gasteiger partial charge is 0.416 e. The molecule has 0 bridgehead atoms. The molecular formula is C25H26F6N2O. The topological polar surface area (TPSA) is 41.1 Å². The van der Waals surface area contributed by atoms with Gasteiger partial charge in [-0.15, -0.1) is 0 Å². The minimum atomic E-state index is -4.99. The van der Waals surface area contributed by atoms with E-state index in [2.05, 4.69) is 17.2 Å². The minimum Gasteiger partial charge on any atom is -0.337 e. The van der Waals surface area contributed by atoms with E-state index < -0.39 is 35.2 Å². The Morgan fingerprint density at radius 1 is 0.882 bits per heavy atom. The van der Waals surface area contributed by atoms with E-state index >= 15 is 0 Å². The normalized spacial score (nSPS) is 16.1. The summed E-state index contributed by atoms with van der Waals surface area (Å²) in [4.78, 5) is 12.5. The van der Waals surface area contributed by atoms with Crippen LogP contribution in [-0.2, 0) is 12.4 Å². The quantitative estimate of drug-likeness (QED) is 0.402. The molecule has 3 nitrogen and oxygen atoms in total. The van der Waals surface area contributed by atoms with Crippen molar-refractivity contribution in [1.29, 1.82) is 0 Å². The van der Waals surface area contributed by atoms with Crippen molar-refractivity contribution >= 4 is 17.3 Å². The molecule has 9 heteroatoms. The number of benzene rings is 2. The van der Waals surface area contributed by atoms with Gasteiger partial charge in [0.15, 0.2) is 0 Å². The molecule has 3 rings (SSSR count). The van der Waals surface area contributed by atoms with Crippen LogP contribution in [0.15, 0.2) is 55.1 Å². The highest BCUT2D eigenvalue weighted by atomic mass is 19.4. The maximum Gasteiger partial charge on any atom is 0.416 e. The van der Waals surface area contributed by atoms with Gasteiger partial charge in [-0.05, 0) is 54.0 Å². The molecule has 0 aromatic heterocycles. The minimum absolute atomic E-state index is 0.0231. The average molecular weight is 484 g/mol. The van der Waals surface area contributed by atoms with Gasteiger partial charge in [-0.3, -0.25) is 0 Å². The molecule has 2 amide bonds. The van der Waals surface area contributed by atoms with Gasteiger partial charge in [0.1, 0.15) is 0 Å². The zero-order valence-electron chi connectivity index (χ0n) is 18.5. The van der Waals surface area contributed by atoms with Gasteiger partial charge in [-0.25, -0.2) is 4.79 Å². The van der Waals surface area contributed by atoms with Crippen molar-refractivity contribution < 1.29 is 31.1 Å². The second-order valence-corrected chi connectivity index (χ2v) is 8.81. The molecule has 0 atom stereocenters. The molecule has 1 aliphatic rings. The number of rotatable bonds is 6. The molecule has 34 heavy (non-hydrogen) atoms. The van der Waals surface area contributed by atoms with Crippen molar-refractivity contribution in [2.45, 2.75) is 50.9 Å². The number of carbonyl (C=O) groups is 1. The van der Waals surface area contributed by atoms with Gasteiger partial charge in [0.25, 0.3) is 0 Å². The van der Waals surface area contributed by atoms with Gasteiger partial charge in [0.2, 0.25) is 0 Å². The van der Waals surface area contributed by atoms with E-state index in [1.165, 1.54) is 0 Å². The summed E-state index contributed by atoms with van der Waals surface area (Å²) >= 11 is 0. The first-order valence-corrected chi connectivity index (χ1v) is 11.0. The first-order valence-electron chi connectivity index (χ1n) is 11.0. The Labute approximate surface area is 194 Å². The fourth-order valence-electron chi connectivity index (χ4n) is 4.42. The third-order valence-corrected chi connectivity index (χ3v) is 6.15. The van der Waals surface area contributed by atoms with Crippen LogP contribution in [0.25, 0.3) is 5.57 Å². The fourth-order valence-corrected chi connectivity index (χ4v) is 4.42. The van der Waals surface area contributed by atoms with Crippen molar-refractivity contribution in [1.82, 2.24) is 5.32 Å². The van der Waals surface area contributed by atoms with Crippen LogP contribution >= 0.6 is 0 Å². The van der Waals surface area contributed by atoms with E-state index in [0.29, 0.717) is 18.6 Å². The van der Waals surface area contributed by atoms with E-state index in [-0.39, 0.29) is 18.0 Å². The van der Waals surface area contributed by atoms with Gasteiger partial charge in [0, 0.05) is 12.2 Å². The first-order chi connectivity index (χ1) is 15.9. The number of nitrogens with one attached hydrogen (secondary N) is 2. The van der Waals surface area contributed by atoms with E-state index in [4.69, 9.17) is 0 Å². The number of carbonyl (C=O) groups excluding carboxylic acids is 1. The summed E-state index contributed by atoms with van der Waals surface area (Å²) in [5.41, 5.74) is -1.93. The summed E-state index contributed by atoms with van der Waals surface area (Å²) in [6, 6.07) is 9.75. The van der Waals surface area contributed by atoms with Gasteiger partial charge in [0.05, 0.1) is 11.1 Å². The number of hydrogen-bond acceptors (Lipinski definition) is 1. The molecule has 0 saturated heterocycles. The molecule has 1 aliphatic carbocycles. The third-order valence-electron chi connectivity index (χ3n) is 6.15. The maximum absolute atomic E-state index is 13.1. The highest BCUT2D eigenvalue weighted by Gasteiger charge is 2.37. The van der Waals surface area contributed by atoms with Crippen molar-refractivity contribution in [3.8, 4) is 0 Å². The standard InChI is InChI=1S/C25H26F6N2O/c1-17(18-8-4-2-5-9-18)15-23(10-6-3-7-11-23)16-32-22(34)33-21-13-19(24(26,27)28)12-20(14-21)25(29,30)31/h2,4-5,8-9,12-14H,1,3,6-7,10-11,15-16H2,(H2,32,33,34). The van der Waals surface area contributed by atoms with E-state index in [9.17, 15) is 31.1 Å². The van der Waals surface area contributed by atoms with Crippen LogP contribution in [0.5, 0.6) is 0 Å². The van der Waals surface area contributed by atoms with Gasteiger partial charge in [-0.1, -0.05) is 56.2 Å². The summed E-state index contributed by atoms with van der Waals surface area (Å²) in [5, 5.41) is 4.80. The van der Waals surface area contributed by atoms with E-state index in [1.54, 1.807) is 0 Å². The molecule has 1 fully saturated rings. The van der Waals surface area contributed by atoms with Crippen molar-refractivity contribution in [3.63, 3.8) is 0 Å². The van der Waals surface area contributed by atoms with Crippen LogP contribution in [0.2, 0.25) is 0 Å². The summed E-state index contributed by atoms with van der Waals surface area (Å²) in [6.45, 7) is 4.41. The molecule has 1 saturated carbocycles. The SMILES string of the molecule is C=C(CC1(CNC(=O)Nc2cc(C(F)(F)F)cc(C(F)(F)F)c2)CCCCC1)c1ccccc1. The second-order valence-electron chi connectivity index (χ2n) is 8.81. The molecule has 0 unspecified atom stereocenters. The van der Waals surface area contributed by atoms with Crippen LogP contribution in [0, 0.1) is 5.41 Å². The molecule has 0 radical (unpaired) electrons. The number of amides is 2. The highest BCUT2D eigenvalue weighted by molar-refractivity contribution is 5.89. The zero-order chi connectivity index (χ0) is 25.0. The fraction of sp³-hybridized carbons (Fsp3) is 0.400. The summed E-state index contributed by atoms with van der Waals surface area (Å²) < 4.78 is 78.4. The lowest BCUT2D eigenvalue weighted by molar-refractivity contribution is -0.143. The second kappa shape index (κ2) is 10.1. The third kappa shape index (κ3) is 6.77.